The molecule has 2 aliphatic heterocycles. The molecule has 0 N–H and O–H groups in total. The van der Waals surface area contributed by atoms with Crippen LogP contribution in [0.1, 0.15) is 40.0 Å². The van der Waals surface area contributed by atoms with E-state index in [1.54, 1.807) is 22.5 Å². The van der Waals surface area contributed by atoms with Gasteiger partial charge < -0.3 is 9.64 Å². The molecular formula is C19H30N2O3S. The number of rotatable bonds is 4. The third-order valence-electron chi connectivity index (χ3n) is 5.32. The van der Waals surface area contributed by atoms with Crippen LogP contribution in [0, 0.1) is 5.92 Å². The van der Waals surface area contributed by atoms with Crippen molar-refractivity contribution in [3.8, 4) is 5.75 Å². The minimum absolute atomic E-state index is 0.0811. The quantitative estimate of drug-likeness (QED) is 0.822. The van der Waals surface area contributed by atoms with Crippen LogP contribution in [0.3, 0.4) is 0 Å². The molecule has 1 fully saturated rings. The predicted octanol–water partition coefficient (Wildman–Crippen LogP) is 2.97. The number of nitrogens with zero attached hydrogens (tertiary/aromatic N) is 2. The zero-order chi connectivity index (χ0) is 18.0. The lowest BCUT2D eigenvalue weighted by Gasteiger charge is -2.30. The highest BCUT2D eigenvalue weighted by atomic mass is 32.2. The Morgan fingerprint density at radius 1 is 1.20 bits per heavy atom. The Bertz CT molecular complexity index is 690. The smallest absolute Gasteiger partial charge is 0.247 e. The molecule has 6 heteroatoms. The summed E-state index contributed by atoms with van der Waals surface area (Å²) in [6, 6.07) is 6.96. The number of benzene rings is 1. The molecule has 2 aliphatic rings. The summed E-state index contributed by atoms with van der Waals surface area (Å²) < 4.78 is 34.2. The van der Waals surface area contributed by atoms with Gasteiger partial charge in [0.15, 0.2) is 0 Å². The first kappa shape index (κ1) is 18.7. The highest BCUT2D eigenvalue weighted by Gasteiger charge is 2.42. The molecule has 1 saturated heterocycles. The summed E-state index contributed by atoms with van der Waals surface area (Å²) >= 11 is 0. The van der Waals surface area contributed by atoms with E-state index in [1.165, 1.54) is 6.42 Å². The van der Waals surface area contributed by atoms with E-state index in [9.17, 15) is 8.42 Å². The molecule has 0 aromatic heterocycles. The summed E-state index contributed by atoms with van der Waals surface area (Å²) in [5, 5.41) is 0. The molecule has 5 nitrogen and oxygen atoms in total. The van der Waals surface area contributed by atoms with Gasteiger partial charge in [-0.15, -0.1) is 0 Å². The summed E-state index contributed by atoms with van der Waals surface area (Å²) in [7, 11) is -3.51. The minimum Gasteiger partial charge on any atom is -0.487 e. The van der Waals surface area contributed by atoms with Gasteiger partial charge in [0.2, 0.25) is 10.0 Å². The first-order chi connectivity index (χ1) is 11.9. The van der Waals surface area contributed by atoms with E-state index in [-0.39, 0.29) is 12.1 Å². The number of fused-ring (bicyclic) bond motifs is 2. The van der Waals surface area contributed by atoms with Crippen molar-refractivity contribution in [2.45, 2.75) is 57.1 Å². The molecule has 140 valence electrons. The minimum atomic E-state index is -3.51. The Morgan fingerprint density at radius 2 is 1.92 bits per heavy atom. The van der Waals surface area contributed by atoms with Crippen molar-refractivity contribution in [2.75, 3.05) is 26.2 Å². The summed E-state index contributed by atoms with van der Waals surface area (Å²) in [5.74, 6) is 1.19. The first-order valence-electron chi connectivity index (χ1n) is 9.43. The fourth-order valence-corrected chi connectivity index (χ4v) is 5.69. The van der Waals surface area contributed by atoms with Gasteiger partial charge in [0, 0.05) is 13.1 Å². The Kier molecular flexibility index (Phi) is 5.71. The second-order valence-electron chi connectivity index (χ2n) is 7.48. The number of hydrogen-bond acceptors (Lipinski definition) is 4. The fraction of sp³-hybridized carbons (Fsp3) is 0.684. The Hall–Kier alpha value is -1.11. The van der Waals surface area contributed by atoms with E-state index in [1.807, 2.05) is 13.0 Å². The van der Waals surface area contributed by atoms with E-state index in [2.05, 4.69) is 18.7 Å². The van der Waals surface area contributed by atoms with Crippen LogP contribution in [-0.2, 0) is 10.0 Å². The molecule has 0 amide bonds. The van der Waals surface area contributed by atoms with Crippen molar-refractivity contribution in [1.29, 1.82) is 0 Å². The molecule has 2 atom stereocenters. The second-order valence-corrected chi connectivity index (χ2v) is 9.34. The number of likely N-dealkylation sites (N-methyl/N-ethyl adjacent to an activating group) is 1. The van der Waals surface area contributed by atoms with E-state index in [4.69, 9.17) is 4.74 Å². The zero-order valence-corrected chi connectivity index (χ0v) is 16.3. The van der Waals surface area contributed by atoms with Crippen LogP contribution >= 0.6 is 0 Å². The van der Waals surface area contributed by atoms with Gasteiger partial charge in [-0.2, -0.15) is 4.31 Å². The molecule has 0 aliphatic carbocycles. The van der Waals surface area contributed by atoms with Crippen LogP contribution < -0.4 is 4.74 Å². The Labute approximate surface area is 152 Å². The molecule has 1 aromatic carbocycles. The standard InChI is InChI=1S/C19H30N2O3S/c1-4-21-16-10-13-20(12-9-15(2)3)14-11-17(16)24-18-7-5-6-8-19(18)25(21,22)23/h5-8,15-17H,4,9-14H2,1-3H3/t16-,17-/m1/s1. The largest absolute Gasteiger partial charge is 0.487 e. The molecule has 1 aromatic rings. The van der Waals surface area contributed by atoms with Crippen LogP contribution in [0.15, 0.2) is 29.2 Å². The van der Waals surface area contributed by atoms with Gasteiger partial charge in [-0.3, -0.25) is 0 Å². The van der Waals surface area contributed by atoms with Crippen LogP contribution in [-0.4, -0.2) is 55.9 Å². The van der Waals surface area contributed by atoms with Gasteiger partial charge in [0.05, 0.1) is 6.04 Å². The molecule has 0 unspecified atom stereocenters. The van der Waals surface area contributed by atoms with Gasteiger partial charge in [0.1, 0.15) is 16.7 Å². The second kappa shape index (κ2) is 7.64. The Morgan fingerprint density at radius 3 is 2.64 bits per heavy atom. The topological polar surface area (TPSA) is 49.9 Å². The van der Waals surface area contributed by atoms with E-state index in [0.29, 0.717) is 23.1 Å². The summed E-state index contributed by atoms with van der Waals surface area (Å²) in [6.07, 6.45) is 2.78. The van der Waals surface area contributed by atoms with Gasteiger partial charge in [0.25, 0.3) is 0 Å². The maximum Gasteiger partial charge on any atom is 0.247 e. The molecular weight excluding hydrogens is 336 g/mol. The van der Waals surface area contributed by atoms with Crippen molar-refractivity contribution >= 4 is 10.0 Å². The predicted molar refractivity (Wildman–Crippen MR) is 99.3 cm³/mol. The van der Waals surface area contributed by atoms with Crippen LogP contribution in [0.25, 0.3) is 0 Å². The van der Waals surface area contributed by atoms with Crippen molar-refractivity contribution in [1.82, 2.24) is 9.21 Å². The third-order valence-corrected chi connectivity index (χ3v) is 7.36. The van der Waals surface area contributed by atoms with Gasteiger partial charge in [-0.05, 0) is 50.4 Å². The molecule has 0 radical (unpaired) electrons. The number of sulfonamides is 1. The van der Waals surface area contributed by atoms with Crippen molar-refractivity contribution in [3.05, 3.63) is 24.3 Å². The van der Waals surface area contributed by atoms with E-state index >= 15 is 0 Å². The lowest BCUT2D eigenvalue weighted by molar-refractivity contribution is 0.115. The van der Waals surface area contributed by atoms with Gasteiger partial charge in [-0.1, -0.05) is 32.9 Å². The maximum absolute atomic E-state index is 13.2. The fourth-order valence-electron chi connectivity index (χ4n) is 3.88. The van der Waals surface area contributed by atoms with Crippen molar-refractivity contribution < 1.29 is 13.2 Å². The zero-order valence-electron chi connectivity index (χ0n) is 15.5. The number of para-hydroxylation sites is 1. The molecule has 0 spiro atoms. The van der Waals surface area contributed by atoms with Crippen molar-refractivity contribution in [2.24, 2.45) is 5.92 Å². The van der Waals surface area contributed by atoms with Gasteiger partial charge in [-0.25, -0.2) is 8.42 Å². The third kappa shape index (κ3) is 3.86. The maximum atomic E-state index is 13.2. The SMILES string of the molecule is CCN1[C@@H]2CCN(CCC(C)C)CC[C@H]2Oc2ccccc2S1(=O)=O. The number of likely N-dealkylation sites (tertiary alicyclic amines) is 1. The number of ether oxygens (including phenoxy) is 1. The molecule has 2 heterocycles. The summed E-state index contributed by atoms with van der Waals surface area (Å²) in [5.41, 5.74) is 0. The van der Waals surface area contributed by atoms with Gasteiger partial charge >= 0.3 is 0 Å². The Balaban J connectivity index is 1.87. The van der Waals surface area contributed by atoms with Crippen LogP contribution in [0.4, 0.5) is 0 Å². The summed E-state index contributed by atoms with van der Waals surface area (Å²) in [4.78, 5) is 2.77. The number of hydrogen-bond donors (Lipinski definition) is 0. The van der Waals surface area contributed by atoms with E-state index < -0.39 is 10.0 Å². The van der Waals surface area contributed by atoms with E-state index in [0.717, 1.165) is 32.5 Å². The van der Waals surface area contributed by atoms with Crippen LogP contribution in [0.5, 0.6) is 5.75 Å². The lowest BCUT2D eigenvalue weighted by Crippen LogP contribution is -2.46. The summed E-state index contributed by atoms with van der Waals surface area (Å²) in [6.45, 7) is 9.86. The normalized spacial score (nSPS) is 27.0. The average Bonchev–Trinajstić information content (AvgIpc) is 2.81. The molecule has 0 saturated carbocycles. The highest BCUT2D eigenvalue weighted by Crippen LogP contribution is 2.36. The van der Waals surface area contributed by atoms with Crippen LogP contribution in [0.2, 0.25) is 0 Å². The van der Waals surface area contributed by atoms with Crippen molar-refractivity contribution in [3.63, 3.8) is 0 Å². The monoisotopic (exact) mass is 366 g/mol. The lowest BCUT2D eigenvalue weighted by atomic mass is 10.1. The molecule has 0 bridgehead atoms. The highest BCUT2D eigenvalue weighted by molar-refractivity contribution is 7.89. The molecule has 3 rings (SSSR count). The average molecular weight is 367 g/mol. The first-order valence-corrected chi connectivity index (χ1v) is 10.9. The molecule has 25 heavy (non-hydrogen) atoms.